The van der Waals surface area contributed by atoms with E-state index in [9.17, 15) is 9.18 Å². The number of nitrogens with zero attached hydrogens (tertiary/aromatic N) is 3. The molecule has 3 aromatic carbocycles. The van der Waals surface area contributed by atoms with E-state index in [0.717, 1.165) is 36.1 Å². The van der Waals surface area contributed by atoms with Gasteiger partial charge < -0.3 is 9.73 Å². The maximum absolute atomic E-state index is 13.8. The van der Waals surface area contributed by atoms with Crippen LogP contribution in [0.4, 0.5) is 10.1 Å². The first-order valence-electron chi connectivity index (χ1n) is 12.0. The largest absolute Gasteiger partial charge is 0.456 e. The molecule has 2 heterocycles. The van der Waals surface area contributed by atoms with Gasteiger partial charge in [-0.3, -0.25) is 4.79 Å². The standard InChI is InChI=1S/C28H24FN5O2/c1-15-26(35)25-23(36-27(15)17-10-12-19(29)13-11-17)14-18-6-5-8-20(18)24(25)16(2)30-22-9-4-3-7-21(22)28-31-33-34-32-28/h3-4,7,9-14,16,30H,5-6,8H2,1-2H3,(H,31,32,33,34). The van der Waals surface area contributed by atoms with Crippen LogP contribution in [0.15, 0.2) is 63.8 Å². The number of fused-ring (bicyclic) bond motifs is 2. The number of aryl methyl sites for hydroxylation is 1. The van der Waals surface area contributed by atoms with E-state index in [-0.39, 0.29) is 17.3 Å². The van der Waals surface area contributed by atoms with Crippen LogP contribution in [-0.2, 0) is 12.8 Å². The molecule has 1 aliphatic carbocycles. The van der Waals surface area contributed by atoms with E-state index in [1.165, 1.54) is 23.3 Å². The Morgan fingerprint density at radius 1 is 1.11 bits per heavy atom. The van der Waals surface area contributed by atoms with E-state index in [2.05, 4.69) is 32.9 Å². The third-order valence-electron chi connectivity index (χ3n) is 6.95. The third kappa shape index (κ3) is 3.66. The van der Waals surface area contributed by atoms with Crippen LogP contribution in [0.1, 0.15) is 41.6 Å². The second-order valence-corrected chi connectivity index (χ2v) is 9.19. The van der Waals surface area contributed by atoms with Crippen molar-refractivity contribution in [1.82, 2.24) is 20.6 Å². The quantitative estimate of drug-likeness (QED) is 0.332. The molecular formula is C28H24FN5O2. The molecule has 7 nitrogen and oxygen atoms in total. The molecule has 0 aliphatic heterocycles. The van der Waals surface area contributed by atoms with Crippen LogP contribution >= 0.6 is 0 Å². The number of rotatable bonds is 5. The average molecular weight is 482 g/mol. The number of hydrogen-bond acceptors (Lipinski definition) is 6. The molecule has 0 bridgehead atoms. The summed E-state index contributed by atoms with van der Waals surface area (Å²) in [6, 6.07) is 15.6. The number of anilines is 1. The molecule has 2 aromatic heterocycles. The molecular weight excluding hydrogens is 457 g/mol. The molecule has 8 heteroatoms. The van der Waals surface area contributed by atoms with Crippen LogP contribution < -0.4 is 10.7 Å². The molecule has 1 unspecified atom stereocenters. The van der Waals surface area contributed by atoms with Gasteiger partial charge in [0.1, 0.15) is 17.2 Å². The Morgan fingerprint density at radius 2 is 1.92 bits per heavy atom. The Bertz CT molecular complexity index is 1640. The fraction of sp³-hybridized carbons (Fsp3) is 0.214. The zero-order chi connectivity index (χ0) is 24.8. The van der Waals surface area contributed by atoms with Crippen LogP contribution in [0.3, 0.4) is 0 Å². The molecule has 2 N–H and O–H groups in total. The van der Waals surface area contributed by atoms with Crippen LogP contribution in [0.2, 0.25) is 0 Å². The van der Waals surface area contributed by atoms with Gasteiger partial charge in [-0.2, -0.15) is 5.21 Å². The summed E-state index contributed by atoms with van der Waals surface area (Å²) in [7, 11) is 0. The summed E-state index contributed by atoms with van der Waals surface area (Å²) >= 11 is 0. The molecule has 0 saturated heterocycles. The molecule has 1 atom stereocenters. The van der Waals surface area contributed by atoms with Crippen LogP contribution in [0, 0.1) is 12.7 Å². The summed E-state index contributed by atoms with van der Waals surface area (Å²) in [5, 5.41) is 18.6. The molecule has 6 rings (SSSR count). The number of nitrogens with one attached hydrogen (secondary N) is 2. The monoisotopic (exact) mass is 481 g/mol. The third-order valence-corrected chi connectivity index (χ3v) is 6.95. The number of hydrogen-bond donors (Lipinski definition) is 2. The van der Waals surface area contributed by atoms with Crippen LogP contribution in [0.25, 0.3) is 33.7 Å². The second-order valence-electron chi connectivity index (χ2n) is 9.19. The Kier molecular flexibility index (Phi) is 5.36. The lowest BCUT2D eigenvalue weighted by molar-refractivity contribution is 0.610. The predicted molar refractivity (Wildman–Crippen MR) is 136 cm³/mol. The van der Waals surface area contributed by atoms with E-state index in [1.54, 1.807) is 19.1 Å². The molecule has 0 amide bonds. The SMILES string of the molecule is Cc1c(-c2ccc(F)cc2)oc2cc3c(c(C(C)Nc4ccccc4-c4nn[nH]n4)c2c1=O)CCC3. The van der Waals surface area contributed by atoms with Gasteiger partial charge in [0.25, 0.3) is 0 Å². The summed E-state index contributed by atoms with van der Waals surface area (Å²) in [5.74, 6) is 0.632. The van der Waals surface area contributed by atoms with Gasteiger partial charge >= 0.3 is 0 Å². The highest BCUT2D eigenvalue weighted by Crippen LogP contribution is 2.38. The smallest absolute Gasteiger partial charge is 0.206 e. The summed E-state index contributed by atoms with van der Waals surface area (Å²) in [4.78, 5) is 13.8. The zero-order valence-corrected chi connectivity index (χ0v) is 19.9. The van der Waals surface area contributed by atoms with Crippen LogP contribution in [0.5, 0.6) is 0 Å². The predicted octanol–water partition coefficient (Wildman–Crippen LogP) is 5.75. The van der Waals surface area contributed by atoms with Crippen molar-refractivity contribution < 1.29 is 8.81 Å². The molecule has 0 fully saturated rings. The van der Waals surface area contributed by atoms with Crippen molar-refractivity contribution in [1.29, 1.82) is 0 Å². The lowest BCUT2D eigenvalue weighted by Gasteiger charge is -2.22. The fourth-order valence-electron chi connectivity index (χ4n) is 5.28. The Labute approximate surface area is 206 Å². The Balaban J connectivity index is 1.51. The number of H-pyrrole nitrogens is 1. The first-order chi connectivity index (χ1) is 17.5. The van der Waals surface area contributed by atoms with Gasteiger partial charge in [-0.25, -0.2) is 4.39 Å². The van der Waals surface area contributed by atoms with Crippen molar-refractivity contribution in [2.24, 2.45) is 0 Å². The lowest BCUT2D eigenvalue weighted by Crippen LogP contribution is -2.17. The molecule has 5 aromatic rings. The number of tetrazole rings is 1. The fourth-order valence-corrected chi connectivity index (χ4v) is 5.28. The number of para-hydroxylation sites is 1. The summed E-state index contributed by atoms with van der Waals surface area (Å²) in [6.45, 7) is 3.83. The molecule has 36 heavy (non-hydrogen) atoms. The Hall–Kier alpha value is -4.33. The minimum Gasteiger partial charge on any atom is -0.456 e. The first-order valence-corrected chi connectivity index (χ1v) is 12.0. The topological polar surface area (TPSA) is 96.7 Å². The number of halogens is 1. The highest BCUT2D eigenvalue weighted by atomic mass is 19.1. The Morgan fingerprint density at radius 3 is 2.69 bits per heavy atom. The maximum atomic E-state index is 13.8. The van der Waals surface area contributed by atoms with Crippen molar-refractivity contribution in [3.05, 3.63) is 92.9 Å². The molecule has 0 spiro atoms. The van der Waals surface area contributed by atoms with Gasteiger partial charge in [0, 0.05) is 28.4 Å². The summed E-state index contributed by atoms with van der Waals surface area (Å²) in [6.07, 6.45) is 2.88. The highest BCUT2D eigenvalue weighted by Gasteiger charge is 2.26. The lowest BCUT2D eigenvalue weighted by atomic mass is 9.92. The van der Waals surface area contributed by atoms with Crippen molar-refractivity contribution in [2.75, 3.05) is 5.32 Å². The van der Waals surface area contributed by atoms with E-state index in [1.807, 2.05) is 30.3 Å². The highest BCUT2D eigenvalue weighted by molar-refractivity contribution is 5.87. The maximum Gasteiger partial charge on any atom is 0.206 e. The van der Waals surface area contributed by atoms with Crippen molar-refractivity contribution in [3.8, 4) is 22.7 Å². The zero-order valence-electron chi connectivity index (χ0n) is 19.9. The normalized spacial score (nSPS) is 13.6. The van der Waals surface area contributed by atoms with E-state index in [0.29, 0.717) is 33.7 Å². The van der Waals surface area contributed by atoms with E-state index >= 15 is 0 Å². The summed E-state index contributed by atoms with van der Waals surface area (Å²) < 4.78 is 19.9. The number of aromatic amines is 1. The molecule has 0 radical (unpaired) electrons. The van der Waals surface area contributed by atoms with Gasteiger partial charge in [0.15, 0.2) is 5.43 Å². The minimum absolute atomic E-state index is 0.0691. The molecule has 1 aliphatic rings. The van der Waals surface area contributed by atoms with Gasteiger partial charge in [-0.15, -0.1) is 10.2 Å². The number of benzene rings is 3. The van der Waals surface area contributed by atoms with Gasteiger partial charge in [0.2, 0.25) is 5.82 Å². The van der Waals surface area contributed by atoms with Crippen molar-refractivity contribution in [3.63, 3.8) is 0 Å². The number of aromatic nitrogens is 4. The van der Waals surface area contributed by atoms with Gasteiger partial charge in [-0.1, -0.05) is 12.1 Å². The van der Waals surface area contributed by atoms with Crippen LogP contribution in [-0.4, -0.2) is 20.6 Å². The summed E-state index contributed by atoms with van der Waals surface area (Å²) in [5.41, 5.74) is 6.71. The molecule has 180 valence electrons. The first kappa shape index (κ1) is 22.2. The van der Waals surface area contributed by atoms with Crippen molar-refractivity contribution >= 4 is 16.7 Å². The minimum atomic E-state index is -0.333. The van der Waals surface area contributed by atoms with E-state index in [4.69, 9.17) is 4.42 Å². The second kappa shape index (κ2) is 8.71. The van der Waals surface area contributed by atoms with Gasteiger partial charge in [-0.05, 0) is 97.5 Å². The molecule has 0 saturated carbocycles. The van der Waals surface area contributed by atoms with E-state index < -0.39 is 0 Å². The van der Waals surface area contributed by atoms with Crippen molar-refractivity contribution in [2.45, 2.75) is 39.2 Å². The average Bonchev–Trinajstić information content (AvgIpc) is 3.58. The van der Waals surface area contributed by atoms with Gasteiger partial charge in [0.05, 0.1) is 5.39 Å².